The molecule has 4 nitrogen and oxygen atoms in total. The highest BCUT2D eigenvalue weighted by molar-refractivity contribution is 6.42. The van der Waals surface area contributed by atoms with E-state index >= 15 is 0 Å². The van der Waals surface area contributed by atoms with Crippen LogP contribution in [0.3, 0.4) is 0 Å². The molecule has 112 valence electrons. The van der Waals surface area contributed by atoms with Crippen molar-refractivity contribution in [1.82, 2.24) is 5.32 Å². The summed E-state index contributed by atoms with van der Waals surface area (Å²) in [6.45, 7) is 2.95. The van der Waals surface area contributed by atoms with E-state index in [2.05, 4.69) is 5.32 Å². The molecular formula is C14H19Cl2NO3. The van der Waals surface area contributed by atoms with Crippen molar-refractivity contribution >= 4 is 29.1 Å². The summed E-state index contributed by atoms with van der Waals surface area (Å²) in [4.78, 5) is 11.6. The van der Waals surface area contributed by atoms with Crippen LogP contribution in [0.25, 0.3) is 0 Å². The summed E-state index contributed by atoms with van der Waals surface area (Å²) in [5.74, 6) is 0.774. The van der Waals surface area contributed by atoms with Crippen molar-refractivity contribution in [3.63, 3.8) is 0 Å². The maximum Gasteiger partial charge on any atom is 0.223 e. The third-order valence-corrected chi connectivity index (χ3v) is 3.50. The molecule has 1 amide bonds. The summed E-state index contributed by atoms with van der Waals surface area (Å²) in [5, 5.41) is 12.4. The van der Waals surface area contributed by atoms with E-state index in [9.17, 15) is 4.79 Å². The molecule has 0 aliphatic heterocycles. The molecule has 0 saturated heterocycles. The Hall–Kier alpha value is -0.970. The van der Waals surface area contributed by atoms with Crippen molar-refractivity contribution in [2.45, 2.75) is 19.8 Å². The van der Waals surface area contributed by atoms with Gasteiger partial charge in [-0.25, -0.2) is 0 Å². The molecule has 0 spiro atoms. The third kappa shape index (κ3) is 6.46. The van der Waals surface area contributed by atoms with Crippen molar-refractivity contribution in [3.8, 4) is 5.75 Å². The second kappa shape index (κ2) is 9.06. The van der Waals surface area contributed by atoms with Crippen molar-refractivity contribution in [2.75, 3.05) is 19.8 Å². The molecule has 0 radical (unpaired) electrons. The Morgan fingerprint density at radius 3 is 2.80 bits per heavy atom. The van der Waals surface area contributed by atoms with Crippen LogP contribution in [0.1, 0.15) is 19.8 Å². The van der Waals surface area contributed by atoms with Gasteiger partial charge in [0.1, 0.15) is 5.75 Å². The number of carbonyl (C=O) groups excluding carboxylic acids is 1. The van der Waals surface area contributed by atoms with Crippen LogP contribution in [0, 0.1) is 5.92 Å². The molecule has 0 heterocycles. The summed E-state index contributed by atoms with van der Waals surface area (Å²) in [5.41, 5.74) is 0. The van der Waals surface area contributed by atoms with E-state index in [4.69, 9.17) is 33.0 Å². The molecule has 1 rings (SSSR count). The van der Waals surface area contributed by atoms with Gasteiger partial charge in [-0.2, -0.15) is 0 Å². The highest BCUT2D eigenvalue weighted by Gasteiger charge is 2.06. The lowest BCUT2D eigenvalue weighted by Crippen LogP contribution is -2.29. The number of nitrogens with one attached hydrogen (secondary N) is 1. The summed E-state index contributed by atoms with van der Waals surface area (Å²) < 4.78 is 5.42. The number of hydrogen-bond donors (Lipinski definition) is 2. The van der Waals surface area contributed by atoms with E-state index in [-0.39, 0.29) is 31.5 Å². The summed E-state index contributed by atoms with van der Waals surface area (Å²) in [7, 11) is 0. The maximum absolute atomic E-state index is 11.6. The first-order valence-electron chi connectivity index (χ1n) is 6.48. The molecule has 0 bridgehead atoms. The Kier molecular flexibility index (Phi) is 7.73. The van der Waals surface area contributed by atoms with Gasteiger partial charge in [-0.15, -0.1) is 0 Å². The third-order valence-electron chi connectivity index (χ3n) is 2.76. The number of hydrogen-bond acceptors (Lipinski definition) is 3. The Labute approximate surface area is 129 Å². The topological polar surface area (TPSA) is 58.6 Å². The zero-order chi connectivity index (χ0) is 15.0. The normalized spacial score (nSPS) is 12.0. The Balaban J connectivity index is 2.23. The van der Waals surface area contributed by atoms with Crippen LogP contribution in [-0.4, -0.2) is 30.8 Å². The number of aliphatic hydroxyl groups is 1. The number of benzene rings is 1. The molecule has 0 fully saturated rings. The lowest BCUT2D eigenvalue weighted by atomic mass is 10.1. The minimum absolute atomic E-state index is 0.0742. The van der Waals surface area contributed by atoms with E-state index in [1.54, 1.807) is 18.2 Å². The largest absolute Gasteiger partial charge is 0.493 e. The number of carbonyl (C=O) groups is 1. The van der Waals surface area contributed by atoms with Gasteiger partial charge in [0, 0.05) is 19.2 Å². The standard InChI is InChI=1S/C14H19Cl2NO3/c1-10(4-6-18)9-17-14(19)5-7-20-11-2-3-12(15)13(16)8-11/h2-3,8,10,18H,4-7,9H2,1H3,(H,17,19). The molecule has 0 aromatic heterocycles. The number of amides is 1. The number of halogens is 2. The second-order valence-electron chi connectivity index (χ2n) is 4.60. The van der Waals surface area contributed by atoms with Gasteiger partial charge in [-0.3, -0.25) is 4.79 Å². The molecule has 20 heavy (non-hydrogen) atoms. The van der Waals surface area contributed by atoms with Crippen molar-refractivity contribution < 1.29 is 14.6 Å². The zero-order valence-electron chi connectivity index (χ0n) is 11.4. The Bertz CT molecular complexity index is 440. The molecule has 1 atom stereocenters. The Morgan fingerprint density at radius 2 is 2.15 bits per heavy atom. The van der Waals surface area contributed by atoms with E-state index in [0.717, 1.165) is 0 Å². The highest BCUT2D eigenvalue weighted by Crippen LogP contribution is 2.26. The molecule has 0 saturated carbocycles. The number of ether oxygens (including phenoxy) is 1. The maximum atomic E-state index is 11.6. The SMILES string of the molecule is CC(CCO)CNC(=O)CCOc1ccc(Cl)c(Cl)c1. The van der Waals surface area contributed by atoms with Crippen LogP contribution in [0.5, 0.6) is 5.75 Å². The molecule has 2 N–H and O–H groups in total. The molecule has 1 unspecified atom stereocenters. The van der Waals surface area contributed by atoms with Crippen LogP contribution in [0.2, 0.25) is 10.0 Å². The van der Waals surface area contributed by atoms with Crippen LogP contribution in [-0.2, 0) is 4.79 Å². The average molecular weight is 320 g/mol. The number of rotatable bonds is 8. The molecule has 1 aromatic carbocycles. The van der Waals surface area contributed by atoms with Gasteiger partial charge >= 0.3 is 0 Å². The average Bonchev–Trinajstić information content (AvgIpc) is 2.41. The molecular weight excluding hydrogens is 301 g/mol. The van der Waals surface area contributed by atoms with Gasteiger partial charge in [0.05, 0.1) is 23.1 Å². The van der Waals surface area contributed by atoms with E-state index in [1.807, 2.05) is 6.92 Å². The highest BCUT2D eigenvalue weighted by atomic mass is 35.5. The molecule has 1 aromatic rings. The van der Waals surface area contributed by atoms with Gasteiger partial charge in [0.25, 0.3) is 0 Å². The monoisotopic (exact) mass is 319 g/mol. The Morgan fingerprint density at radius 1 is 1.40 bits per heavy atom. The van der Waals surface area contributed by atoms with Crippen molar-refractivity contribution in [2.24, 2.45) is 5.92 Å². The minimum atomic E-state index is -0.0742. The van der Waals surface area contributed by atoms with Crippen molar-refractivity contribution in [1.29, 1.82) is 0 Å². The van der Waals surface area contributed by atoms with Gasteiger partial charge in [0.2, 0.25) is 5.91 Å². The lowest BCUT2D eigenvalue weighted by Gasteiger charge is -2.11. The first-order chi connectivity index (χ1) is 9.52. The van der Waals surface area contributed by atoms with Crippen LogP contribution >= 0.6 is 23.2 Å². The predicted octanol–water partition coefficient (Wildman–Crippen LogP) is 2.90. The van der Waals surface area contributed by atoms with E-state index in [0.29, 0.717) is 28.8 Å². The van der Waals surface area contributed by atoms with Gasteiger partial charge in [-0.1, -0.05) is 30.1 Å². The van der Waals surface area contributed by atoms with Gasteiger partial charge < -0.3 is 15.2 Å². The second-order valence-corrected chi connectivity index (χ2v) is 5.41. The van der Waals surface area contributed by atoms with E-state index in [1.165, 1.54) is 0 Å². The molecule has 0 aliphatic carbocycles. The summed E-state index contributed by atoms with van der Waals surface area (Å²) in [6.07, 6.45) is 0.951. The number of aliphatic hydroxyl groups excluding tert-OH is 1. The van der Waals surface area contributed by atoms with Crippen LogP contribution in [0.15, 0.2) is 18.2 Å². The van der Waals surface area contributed by atoms with E-state index < -0.39 is 0 Å². The predicted molar refractivity (Wildman–Crippen MR) is 80.5 cm³/mol. The fraction of sp³-hybridized carbons (Fsp3) is 0.500. The summed E-state index contributed by atoms with van der Waals surface area (Å²) in [6, 6.07) is 4.97. The first-order valence-corrected chi connectivity index (χ1v) is 7.24. The quantitative estimate of drug-likeness (QED) is 0.774. The zero-order valence-corrected chi connectivity index (χ0v) is 12.9. The minimum Gasteiger partial charge on any atom is -0.493 e. The van der Waals surface area contributed by atoms with Gasteiger partial charge in [-0.05, 0) is 24.5 Å². The lowest BCUT2D eigenvalue weighted by molar-refractivity contribution is -0.121. The van der Waals surface area contributed by atoms with Gasteiger partial charge in [0.15, 0.2) is 0 Å². The smallest absolute Gasteiger partial charge is 0.223 e. The molecule has 0 aliphatic rings. The van der Waals surface area contributed by atoms with Crippen LogP contribution in [0.4, 0.5) is 0 Å². The van der Waals surface area contributed by atoms with Crippen molar-refractivity contribution in [3.05, 3.63) is 28.2 Å². The summed E-state index contributed by atoms with van der Waals surface area (Å²) >= 11 is 11.7. The fourth-order valence-corrected chi connectivity index (χ4v) is 1.82. The fourth-order valence-electron chi connectivity index (χ4n) is 1.53. The first kappa shape index (κ1) is 17.1. The molecule has 6 heteroatoms. The van der Waals surface area contributed by atoms with Crippen LogP contribution < -0.4 is 10.1 Å².